The van der Waals surface area contributed by atoms with Gasteiger partial charge in [0.25, 0.3) is 5.91 Å². The van der Waals surface area contributed by atoms with Crippen molar-refractivity contribution in [3.8, 4) is 0 Å². The van der Waals surface area contributed by atoms with Gasteiger partial charge in [-0.1, -0.05) is 12.1 Å². The van der Waals surface area contributed by atoms with Gasteiger partial charge in [0.2, 0.25) is 0 Å². The number of hydrogen-bond donors (Lipinski definition) is 3. The Kier molecular flexibility index (Phi) is 10.0. The summed E-state index contributed by atoms with van der Waals surface area (Å²) in [5.41, 5.74) is 1.70. The first-order chi connectivity index (χ1) is 12.5. The Morgan fingerprint density at radius 2 is 1.96 bits per heavy atom. The van der Waals surface area contributed by atoms with E-state index in [9.17, 15) is 4.79 Å². The molecule has 1 heterocycles. The fourth-order valence-electron chi connectivity index (χ4n) is 2.95. The normalized spacial score (nSPS) is 15.6. The Morgan fingerprint density at radius 3 is 2.59 bits per heavy atom. The predicted octanol–water partition coefficient (Wildman–Crippen LogP) is 1.44. The molecule has 0 aliphatic carbocycles. The number of nitrogens with one attached hydrogen (secondary N) is 3. The second kappa shape index (κ2) is 11.5. The molecule has 7 nitrogen and oxygen atoms in total. The summed E-state index contributed by atoms with van der Waals surface area (Å²) in [6, 6.07) is 7.57. The molecule has 152 valence electrons. The number of carbonyl (C=O) groups is 1. The third-order valence-corrected chi connectivity index (χ3v) is 4.66. The second-order valence-corrected chi connectivity index (χ2v) is 6.97. The number of ether oxygens (including phenoxy) is 1. The van der Waals surface area contributed by atoms with Gasteiger partial charge >= 0.3 is 0 Å². The Hall–Kier alpha value is -1.39. The third-order valence-electron chi connectivity index (χ3n) is 4.66. The predicted molar refractivity (Wildman–Crippen MR) is 120 cm³/mol. The van der Waals surface area contributed by atoms with Crippen LogP contribution in [0.2, 0.25) is 0 Å². The van der Waals surface area contributed by atoms with Crippen molar-refractivity contribution < 1.29 is 9.53 Å². The average Bonchev–Trinajstić information content (AvgIpc) is 2.68. The van der Waals surface area contributed by atoms with Crippen LogP contribution in [0.1, 0.15) is 29.8 Å². The molecule has 1 amide bonds. The molecule has 1 aliphatic rings. The summed E-state index contributed by atoms with van der Waals surface area (Å²) in [6.07, 6.45) is 0. The van der Waals surface area contributed by atoms with Gasteiger partial charge in [-0.3, -0.25) is 14.7 Å². The first-order valence-corrected chi connectivity index (χ1v) is 9.04. The molecule has 0 aromatic heterocycles. The lowest BCUT2D eigenvalue weighted by Gasteiger charge is -2.41. The molecule has 0 unspecified atom stereocenters. The highest BCUT2D eigenvalue weighted by Crippen LogP contribution is 2.15. The molecule has 1 saturated heterocycles. The minimum absolute atomic E-state index is 0. The minimum Gasteiger partial charge on any atom is -0.379 e. The van der Waals surface area contributed by atoms with E-state index in [1.165, 1.54) is 0 Å². The van der Waals surface area contributed by atoms with E-state index in [-0.39, 0.29) is 35.4 Å². The molecule has 0 spiro atoms. The van der Waals surface area contributed by atoms with Gasteiger partial charge in [0.1, 0.15) is 0 Å². The van der Waals surface area contributed by atoms with E-state index in [1.807, 2.05) is 18.2 Å². The van der Waals surface area contributed by atoms with Gasteiger partial charge in [-0.25, -0.2) is 0 Å². The summed E-state index contributed by atoms with van der Waals surface area (Å²) in [4.78, 5) is 18.5. The highest BCUT2D eigenvalue weighted by Gasteiger charge is 2.28. The van der Waals surface area contributed by atoms with E-state index in [4.69, 9.17) is 4.74 Å². The van der Waals surface area contributed by atoms with Crippen molar-refractivity contribution in [1.82, 2.24) is 20.9 Å². The summed E-state index contributed by atoms with van der Waals surface area (Å²) in [5, 5.41) is 9.36. The van der Waals surface area contributed by atoms with Gasteiger partial charge in [-0.2, -0.15) is 0 Å². The van der Waals surface area contributed by atoms with Crippen molar-refractivity contribution in [1.29, 1.82) is 0 Å². The summed E-state index contributed by atoms with van der Waals surface area (Å²) in [7, 11) is 3.40. The van der Waals surface area contributed by atoms with E-state index in [0.717, 1.165) is 44.4 Å². The zero-order chi connectivity index (χ0) is 19.0. The lowest BCUT2D eigenvalue weighted by molar-refractivity contribution is -0.00834. The number of hydrogen-bond acceptors (Lipinski definition) is 4. The van der Waals surface area contributed by atoms with Crippen LogP contribution < -0.4 is 16.0 Å². The SMILES string of the molecule is CN=C(NCc1cccc(C(=O)NC)c1)NCC(C)(C)N1CCOCC1.I. The summed E-state index contributed by atoms with van der Waals surface area (Å²) >= 11 is 0. The molecular weight excluding hydrogens is 457 g/mol. The molecule has 27 heavy (non-hydrogen) atoms. The van der Waals surface area contributed by atoms with Crippen LogP contribution in [0.15, 0.2) is 29.3 Å². The van der Waals surface area contributed by atoms with E-state index in [0.29, 0.717) is 12.1 Å². The van der Waals surface area contributed by atoms with E-state index in [2.05, 4.69) is 39.7 Å². The maximum absolute atomic E-state index is 11.7. The molecule has 0 atom stereocenters. The Labute approximate surface area is 179 Å². The molecule has 1 aromatic carbocycles. The van der Waals surface area contributed by atoms with Gasteiger partial charge in [-0.05, 0) is 31.5 Å². The lowest BCUT2D eigenvalue weighted by atomic mass is 10.0. The molecule has 1 aromatic rings. The number of carbonyl (C=O) groups excluding carboxylic acids is 1. The Balaban J connectivity index is 0.00000364. The summed E-state index contributed by atoms with van der Waals surface area (Å²) in [5.74, 6) is 0.665. The number of halogens is 1. The number of morpholine rings is 1. The van der Waals surface area contributed by atoms with Crippen LogP contribution in [0.4, 0.5) is 0 Å². The average molecular weight is 489 g/mol. The quantitative estimate of drug-likeness (QED) is 0.320. The molecule has 0 bridgehead atoms. The van der Waals surface area contributed by atoms with Crippen molar-refractivity contribution in [2.75, 3.05) is 46.9 Å². The van der Waals surface area contributed by atoms with E-state index < -0.39 is 0 Å². The number of guanidine groups is 1. The van der Waals surface area contributed by atoms with Crippen LogP contribution in [-0.2, 0) is 11.3 Å². The van der Waals surface area contributed by atoms with Crippen molar-refractivity contribution in [3.63, 3.8) is 0 Å². The number of amides is 1. The smallest absolute Gasteiger partial charge is 0.251 e. The van der Waals surface area contributed by atoms with E-state index >= 15 is 0 Å². The molecule has 1 aliphatic heterocycles. The van der Waals surface area contributed by atoms with E-state index in [1.54, 1.807) is 20.2 Å². The first kappa shape index (κ1) is 23.6. The van der Waals surface area contributed by atoms with Crippen LogP contribution in [0, 0.1) is 0 Å². The number of rotatable bonds is 6. The largest absolute Gasteiger partial charge is 0.379 e. The van der Waals surface area contributed by atoms with Crippen LogP contribution in [0.5, 0.6) is 0 Å². The monoisotopic (exact) mass is 489 g/mol. The van der Waals surface area contributed by atoms with Gasteiger partial charge in [-0.15, -0.1) is 24.0 Å². The minimum atomic E-state index is -0.0818. The van der Waals surface area contributed by atoms with Crippen molar-refractivity contribution in [2.45, 2.75) is 25.9 Å². The fraction of sp³-hybridized carbons (Fsp3) is 0.579. The molecule has 8 heteroatoms. The Morgan fingerprint density at radius 1 is 1.26 bits per heavy atom. The van der Waals surface area contributed by atoms with Crippen LogP contribution >= 0.6 is 24.0 Å². The zero-order valence-electron chi connectivity index (χ0n) is 16.7. The van der Waals surface area contributed by atoms with Crippen molar-refractivity contribution in [2.24, 2.45) is 4.99 Å². The maximum atomic E-state index is 11.7. The highest BCUT2D eigenvalue weighted by atomic mass is 127. The summed E-state index contributed by atoms with van der Waals surface area (Å²) in [6.45, 7) is 9.32. The topological polar surface area (TPSA) is 78.0 Å². The number of nitrogens with zero attached hydrogens (tertiary/aromatic N) is 2. The van der Waals surface area contributed by atoms with Gasteiger partial charge < -0.3 is 20.7 Å². The molecule has 0 radical (unpaired) electrons. The lowest BCUT2D eigenvalue weighted by Crippen LogP contribution is -2.56. The maximum Gasteiger partial charge on any atom is 0.251 e. The Bertz CT molecular complexity index is 630. The number of aliphatic imine (C=N–C) groups is 1. The van der Waals surface area contributed by atoms with Crippen LogP contribution in [0.3, 0.4) is 0 Å². The third kappa shape index (κ3) is 7.27. The standard InChI is InChI=1S/C19H31N5O2.HI/c1-19(2,24-8-10-26-11-9-24)14-23-18(21-4)22-13-15-6-5-7-16(12-15)17(25)20-3;/h5-7,12H,8-11,13-14H2,1-4H3,(H,20,25)(H2,21,22,23);1H. The van der Waals surface area contributed by atoms with Crippen molar-refractivity contribution >= 4 is 35.8 Å². The molecule has 0 saturated carbocycles. The molecular formula is C19H32IN5O2. The van der Waals surface area contributed by atoms with Gasteiger partial charge in [0, 0.05) is 51.4 Å². The highest BCUT2D eigenvalue weighted by molar-refractivity contribution is 14.0. The molecule has 2 rings (SSSR count). The first-order valence-electron chi connectivity index (χ1n) is 9.04. The van der Waals surface area contributed by atoms with Gasteiger partial charge in [0.05, 0.1) is 13.2 Å². The second-order valence-electron chi connectivity index (χ2n) is 6.97. The zero-order valence-corrected chi connectivity index (χ0v) is 19.0. The van der Waals surface area contributed by atoms with Crippen LogP contribution in [0.25, 0.3) is 0 Å². The van der Waals surface area contributed by atoms with Crippen LogP contribution in [-0.4, -0.2) is 69.2 Å². The molecule has 3 N–H and O–H groups in total. The fourth-order valence-corrected chi connectivity index (χ4v) is 2.95. The summed E-state index contributed by atoms with van der Waals surface area (Å²) < 4.78 is 5.44. The van der Waals surface area contributed by atoms with Crippen molar-refractivity contribution in [3.05, 3.63) is 35.4 Å². The van der Waals surface area contributed by atoms with Gasteiger partial charge in [0.15, 0.2) is 5.96 Å². The number of benzene rings is 1. The molecule has 1 fully saturated rings.